The van der Waals surface area contributed by atoms with Crippen LogP contribution in [0.2, 0.25) is 0 Å². The molecule has 6 heteroatoms. The second-order valence-corrected chi connectivity index (χ2v) is 12.2. The minimum absolute atomic E-state index is 0.00939. The van der Waals surface area contributed by atoms with E-state index in [1.54, 1.807) is 24.4 Å². The molecule has 194 valence electrons. The van der Waals surface area contributed by atoms with Gasteiger partial charge in [-0.2, -0.15) is 0 Å². The Morgan fingerprint density at radius 3 is 2.81 bits per heavy atom. The van der Waals surface area contributed by atoms with Crippen LogP contribution in [-0.2, 0) is 9.59 Å². The van der Waals surface area contributed by atoms with Gasteiger partial charge in [0.25, 0.3) is 0 Å². The Bertz CT molecular complexity index is 1340. The third kappa shape index (κ3) is 3.41. The lowest BCUT2D eigenvalue weighted by Crippen LogP contribution is -2.62. The monoisotopic (exact) mass is 501 g/mol. The molecule has 0 spiro atoms. The van der Waals surface area contributed by atoms with Crippen LogP contribution in [0.15, 0.2) is 60.3 Å². The topological polar surface area (TPSA) is 96.7 Å². The largest absolute Gasteiger partial charge is 0.483 e. The maximum atomic E-state index is 13.7. The fourth-order valence-corrected chi connectivity index (χ4v) is 8.67. The van der Waals surface area contributed by atoms with Crippen LogP contribution in [0, 0.1) is 34.5 Å². The van der Waals surface area contributed by atoms with Crippen molar-refractivity contribution in [3.63, 3.8) is 0 Å². The number of fused-ring (bicyclic) bond motifs is 6. The number of benzene rings is 1. The number of pyridine rings is 1. The minimum Gasteiger partial charge on any atom is -0.483 e. The predicted octanol–water partition coefficient (Wildman–Crippen LogP) is 4.44. The first-order valence-electron chi connectivity index (χ1n) is 13.4. The molecule has 8 atom stereocenters. The van der Waals surface area contributed by atoms with Gasteiger partial charge in [-0.05, 0) is 67.7 Å². The number of hydrogen-bond acceptors (Lipinski definition) is 6. The number of aliphatic hydroxyl groups excluding tert-OH is 1. The van der Waals surface area contributed by atoms with Crippen molar-refractivity contribution >= 4 is 22.5 Å². The van der Waals surface area contributed by atoms with E-state index in [0.29, 0.717) is 24.1 Å². The Hall–Kier alpha value is -2.83. The summed E-state index contributed by atoms with van der Waals surface area (Å²) in [6.07, 6.45) is 8.66. The smallest absolute Gasteiger partial charge is 0.202 e. The summed E-state index contributed by atoms with van der Waals surface area (Å²) in [6, 6.07) is 9.39. The molecule has 2 aromatic rings. The summed E-state index contributed by atoms with van der Waals surface area (Å²) < 4.78 is 5.95. The van der Waals surface area contributed by atoms with E-state index in [0.717, 1.165) is 23.8 Å². The Labute approximate surface area is 217 Å². The Kier molecular flexibility index (Phi) is 5.52. The number of allylic oxidation sites excluding steroid dienone is 4. The van der Waals surface area contributed by atoms with Crippen LogP contribution < -0.4 is 4.74 Å². The van der Waals surface area contributed by atoms with Crippen LogP contribution in [0.1, 0.15) is 46.5 Å². The lowest BCUT2D eigenvalue weighted by Gasteiger charge is -2.60. The molecule has 6 unspecified atom stereocenters. The summed E-state index contributed by atoms with van der Waals surface area (Å²) >= 11 is 0. The van der Waals surface area contributed by atoms with E-state index in [4.69, 9.17) is 4.74 Å². The lowest BCUT2D eigenvalue weighted by atomic mass is 9.45. The van der Waals surface area contributed by atoms with Gasteiger partial charge in [-0.15, -0.1) is 0 Å². The summed E-state index contributed by atoms with van der Waals surface area (Å²) in [4.78, 5) is 30.2. The zero-order valence-corrected chi connectivity index (χ0v) is 21.7. The maximum Gasteiger partial charge on any atom is 0.202 e. The first-order valence-corrected chi connectivity index (χ1v) is 13.4. The van der Waals surface area contributed by atoms with Gasteiger partial charge in [0.15, 0.2) is 5.78 Å². The predicted molar refractivity (Wildman–Crippen MR) is 140 cm³/mol. The molecule has 3 saturated carbocycles. The van der Waals surface area contributed by atoms with E-state index < -0.39 is 22.5 Å². The quantitative estimate of drug-likeness (QED) is 0.643. The summed E-state index contributed by atoms with van der Waals surface area (Å²) in [5.41, 5.74) is -0.933. The van der Waals surface area contributed by atoms with E-state index >= 15 is 0 Å². The molecule has 0 radical (unpaired) electrons. The molecule has 1 aromatic heterocycles. The molecule has 1 aromatic carbocycles. The van der Waals surface area contributed by atoms with Gasteiger partial charge in [-0.1, -0.05) is 50.6 Å². The molecule has 4 aliphatic carbocycles. The van der Waals surface area contributed by atoms with Crippen LogP contribution >= 0.6 is 0 Å². The third-order valence-electron chi connectivity index (χ3n) is 10.4. The summed E-state index contributed by atoms with van der Waals surface area (Å²) in [5, 5.41) is 24.5. The van der Waals surface area contributed by atoms with Crippen LogP contribution in [0.25, 0.3) is 10.9 Å². The van der Waals surface area contributed by atoms with Gasteiger partial charge in [0.05, 0.1) is 6.10 Å². The Balaban J connectivity index is 1.28. The van der Waals surface area contributed by atoms with Crippen molar-refractivity contribution in [1.82, 2.24) is 4.98 Å². The van der Waals surface area contributed by atoms with E-state index in [1.165, 1.54) is 0 Å². The van der Waals surface area contributed by atoms with Crippen LogP contribution in [0.4, 0.5) is 0 Å². The molecule has 37 heavy (non-hydrogen) atoms. The van der Waals surface area contributed by atoms with Crippen molar-refractivity contribution in [2.45, 2.75) is 58.2 Å². The highest BCUT2D eigenvalue weighted by molar-refractivity contribution is 6.01. The van der Waals surface area contributed by atoms with Crippen molar-refractivity contribution in [2.24, 2.45) is 34.5 Å². The molecule has 2 N–H and O–H groups in total. The fourth-order valence-electron chi connectivity index (χ4n) is 8.67. The third-order valence-corrected chi connectivity index (χ3v) is 10.4. The second kappa shape index (κ2) is 8.34. The molecule has 4 aliphatic rings. The molecule has 1 heterocycles. The highest BCUT2D eigenvalue weighted by Gasteiger charge is 2.68. The molecule has 6 nitrogen and oxygen atoms in total. The average molecular weight is 502 g/mol. The molecule has 0 aliphatic heterocycles. The SMILES string of the molecule is C[C@H]1CC2C(C(O)CC3(C)C2CC[C@]3(O)C(=O)COc2cccc3cccnc23)C2(C)C=CC(=O)C=C12. The van der Waals surface area contributed by atoms with Gasteiger partial charge in [0, 0.05) is 28.3 Å². The maximum absolute atomic E-state index is 13.7. The molecule has 0 saturated heterocycles. The molecule has 0 amide bonds. The van der Waals surface area contributed by atoms with E-state index in [2.05, 4.69) is 18.8 Å². The van der Waals surface area contributed by atoms with Crippen molar-refractivity contribution < 1.29 is 24.5 Å². The van der Waals surface area contributed by atoms with Crippen molar-refractivity contribution in [2.75, 3.05) is 6.61 Å². The standard InChI is InChI=1S/C31H35NO5/c1-18-14-21-22-10-12-31(36,26(35)17-37-25-8-4-6-19-7-5-13-32-28(19)25)30(22,3)16-24(34)27(21)29(2)11-9-20(33)15-23(18)29/h4-9,11,13,15,18,21-22,24,27,34,36H,10,12,14,16-17H2,1-3H3/t18-,21?,22?,24?,27?,29?,30?,31-/m0/s1. The van der Waals surface area contributed by atoms with Crippen molar-refractivity contribution in [3.8, 4) is 5.75 Å². The van der Waals surface area contributed by atoms with E-state index in [1.807, 2.05) is 37.3 Å². The zero-order valence-electron chi connectivity index (χ0n) is 21.7. The molecule has 3 fully saturated rings. The highest BCUT2D eigenvalue weighted by Crippen LogP contribution is 2.67. The minimum atomic E-state index is -1.57. The summed E-state index contributed by atoms with van der Waals surface area (Å²) in [5.74, 6) is 0.583. The van der Waals surface area contributed by atoms with Crippen molar-refractivity contribution in [3.05, 3.63) is 60.3 Å². The number of carbonyl (C=O) groups is 2. The zero-order chi connectivity index (χ0) is 26.2. The highest BCUT2D eigenvalue weighted by atomic mass is 16.5. The summed E-state index contributed by atoms with van der Waals surface area (Å²) in [6.45, 7) is 6.04. The van der Waals surface area contributed by atoms with Gasteiger partial charge in [0.1, 0.15) is 23.5 Å². The average Bonchev–Trinajstić information content (AvgIpc) is 3.14. The molecular weight excluding hydrogens is 466 g/mol. The van der Waals surface area contributed by atoms with Crippen LogP contribution in [0.3, 0.4) is 0 Å². The fraction of sp³-hybridized carbons (Fsp3) is 0.516. The lowest BCUT2D eigenvalue weighted by molar-refractivity contribution is -0.179. The normalized spacial score (nSPS) is 40.5. The first-order chi connectivity index (χ1) is 17.6. The number of ketones is 2. The van der Waals surface area contributed by atoms with Gasteiger partial charge in [-0.3, -0.25) is 14.6 Å². The number of ether oxygens (including phenoxy) is 1. The van der Waals surface area contributed by atoms with E-state index in [-0.39, 0.29) is 41.8 Å². The number of nitrogens with zero attached hydrogens (tertiary/aromatic N) is 1. The van der Waals surface area contributed by atoms with Gasteiger partial charge in [0.2, 0.25) is 5.78 Å². The Morgan fingerprint density at radius 2 is 2.00 bits per heavy atom. The summed E-state index contributed by atoms with van der Waals surface area (Å²) in [7, 11) is 0. The number of Topliss-reactive ketones (excluding diaryl/α,β-unsaturated/α-hetero) is 1. The number of para-hydroxylation sites is 1. The van der Waals surface area contributed by atoms with Crippen molar-refractivity contribution in [1.29, 1.82) is 0 Å². The number of carbonyl (C=O) groups excluding carboxylic acids is 2. The molecule has 0 bridgehead atoms. The van der Waals surface area contributed by atoms with Gasteiger partial charge >= 0.3 is 0 Å². The number of rotatable bonds is 4. The number of aromatic nitrogens is 1. The van der Waals surface area contributed by atoms with Gasteiger partial charge in [-0.25, -0.2) is 0 Å². The number of hydrogen-bond donors (Lipinski definition) is 2. The van der Waals surface area contributed by atoms with Gasteiger partial charge < -0.3 is 14.9 Å². The van der Waals surface area contributed by atoms with Crippen LogP contribution in [0.5, 0.6) is 5.75 Å². The molecule has 6 rings (SSSR count). The second-order valence-electron chi connectivity index (χ2n) is 12.2. The number of aliphatic hydroxyl groups is 2. The molecular formula is C31H35NO5. The Morgan fingerprint density at radius 1 is 1.22 bits per heavy atom. The first kappa shape index (κ1) is 24.5. The van der Waals surface area contributed by atoms with E-state index in [9.17, 15) is 19.8 Å². The van der Waals surface area contributed by atoms with Crippen LogP contribution in [-0.4, -0.2) is 45.1 Å².